The van der Waals surface area contributed by atoms with Crippen LogP contribution in [-0.4, -0.2) is 26.7 Å². The van der Waals surface area contributed by atoms with Gasteiger partial charge in [0.15, 0.2) is 0 Å². The van der Waals surface area contributed by atoms with Crippen LogP contribution in [0.15, 0.2) is 30.6 Å². The van der Waals surface area contributed by atoms with Crippen molar-refractivity contribution in [3.8, 4) is 0 Å². The van der Waals surface area contributed by atoms with Gasteiger partial charge in [-0.15, -0.1) is 0 Å². The maximum atomic E-state index is 9.87. The lowest BCUT2D eigenvalue weighted by Crippen LogP contribution is -2.39. The van der Waals surface area contributed by atoms with Crippen molar-refractivity contribution < 1.29 is 5.11 Å². The Bertz CT molecular complexity index is 519. The summed E-state index contributed by atoms with van der Waals surface area (Å²) in [6.45, 7) is 5.51. The summed E-state index contributed by atoms with van der Waals surface area (Å²) >= 11 is 0. The van der Waals surface area contributed by atoms with E-state index in [9.17, 15) is 5.11 Å². The van der Waals surface area contributed by atoms with Crippen LogP contribution >= 0.6 is 0 Å². The molecular weight excluding hydrogens is 214 g/mol. The van der Waals surface area contributed by atoms with Gasteiger partial charge < -0.3 is 10.4 Å². The summed E-state index contributed by atoms with van der Waals surface area (Å²) in [5.74, 6) is 0. The molecule has 2 rings (SSSR count). The minimum Gasteiger partial charge on any atom is -0.388 e. The number of nitrogens with zero attached hydrogens (tertiary/aromatic N) is 2. The molecule has 90 valence electrons. The number of hydrogen-bond acceptors (Lipinski definition) is 4. The van der Waals surface area contributed by atoms with Crippen molar-refractivity contribution in [3.05, 3.63) is 30.6 Å². The van der Waals surface area contributed by atoms with Crippen LogP contribution in [0.2, 0.25) is 0 Å². The van der Waals surface area contributed by atoms with Crippen LogP contribution < -0.4 is 5.32 Å². The summed E-state index contributed by atoms with van der Waals surface area (Å²) in [6.07, 6.45) is 3.35. The Balaban J connectivity index is 2.25. The topological polar surface area (TPSA) is 58.0 Å². The molecule has 0 aliphatic carbocycles. The minimum atomic E-state index is -0.767. The average Bonchev–Trinajstić information content (AvgIpc) is 2.27. The van der Waals surface area contributed by atoms with Gasteiger partial charge in [-0.2, -0.15) is 0 Å². The maximum Gasteiger partial charge on any atom is 0.0907 e. The zero-order chi connectivity index (χ0) is 12.5. The standard InChI is InChI=1S/C13H17N3O/c1-9(13(2,3)17)16-10-4-5-11-12(8-10)15-7-6-14-11/h4-9,16-17H,1-3H3. The number of hydrogen-bond donors (Lipinski definition) is 2. The summed E-state index contributed by atoms with van der Waals surface area (Å²) in [7, 11) is 0. The molecule has 4 nitrogen and oxygen atoms in total. The Morgan fingerprint density at radius 1 is 1.18 bits per heavy atom. The second kappa shape index (κ2) is 4.30. The number of anilines is 1. The first-order valence-corrected chi connectivity index (χ1v) is 5.66. The van der Waals surface area contributed by atoms with Crippen LogP contribution in [0.3, 0.4) is 0 Å². The fraction of sp³-hybridized carbons (Fsp3) is 0.385. The molecule has 0 amide bonds. The van der Waals surface area contributed by atoms with E-state index in [0.29, 0.717) is 0 Å². The molecule has 0 spiro atoms. The Morgan fingerprint density at radius 3 is 2.47 bits per heavy atom. The molecule has 17 heavy (non-hydrogen) atoms. The first-order chi connectivity index (χ1) is 7.97. The molecule has 1 unspecified atom stereocenters. The third kappa shape index (κ3) is 2.71. The van der Waals surface area contributed by atoms with Crippen LogP contribution in [0.25, 0.3) is 11.0 Å². The van der Waals surface area contributed by atoms with Gasteiger partial charge in [-0.25, -0.2) is 0 Å². The molecule has 0 fully saturated rings. The van der Waals surface area contributed by atoms with Gasteiger partial charge >= 0.3 is 0 Å². The van der Waals surface area contributed by atoms with E-state index >= 15 is 0 Å². The van der Waals surface area contributed by atoms with E-state index in [2.05, 4.69) is 15.3 Å². The highest BCUT2D eigenvalue weighted by Crippen LogP contribution is 2.19. The summed E-state index contributed by atoms with van der Waals surface area (Å²) in [5, 5.41) is 13.1. The molecule has 2 aromatic rings. The van der Waals surface area contributed by atoms with E-state index in [1.54, 1.807) is 26.2 Å². The molecule has 0 saturated heterocycles. The predicted molar refractivity (Wildman–Crippen MR) is 68.9 cm³/mol. The van der Waals surface area contributed by atoms with Gasteiger partial charge in [0.1, 0.15) is 0 Å². The number of nitrogens with one attached hydrogen (secondary N) is 1. The number of aromatic nitrogens is 2. The lowest BCUT2D eigenvalue weighted by atomic mass is 10.0. The fourth-order valence-electron chi connectivity index (χ4n) is 1.48. The molecule has 4 heteroatoms. The fourth-order valence-corrected chi connectivity index (χ4v) is 1.48. The van der Waals surface area contributed by atoms with Crippen molar-refractivity contribution in [1.82, 2.24) is 9.97 Å². The third-order valence-corrected chi connectivity index (χ3v) is 2.91. The molecule has 0 aliphatic heterocycles. The third-order valence-electron chi connectivity index (χ3n) is 2.91. The molecule has 1 aromatic heterocycles. The van der Waals surface area contributed by atoms with Crippen LogP contribution in [-0.2, 0) is 0 Å². The number of benzene rings is 1. The number of rotatable bonds is 3. The number of aliphatic hydroxyl groups is 1. The quantitative estimate of drug-likeness (QED) is 0.850. The van der Waals surface area contributed by atoms with E-state index in [-0.39, 0.29) is 6.04 Å². The van der Waals surface area contributed by atoms with Crippen LogP contribution in [0.1, 0.15) is 20.8 Å². The molecule has 1 aromatic carbocycles. The monoisotopic (exact) mass is 231 g/mol. The highest BCUT2D eigenvalue weighted by Gasteiger charge is 2.21. The molecular formula is C13H17N3O. The minimum absolute atomic E-state index is 0.0448. The van der Waals surface area contributed by atoms with Gasteiger partial charge in [0.2, 0.25) is 0 Å². The van der Waals surface area contributed by atoms with Gasteiger partial charge in [-0.1, -0.05) is 0 Å². The Morgan fingerprint density at radius 2 is 1.82 bits per heavy atom. The van der Waals surface area contributed by atoms with Gasteiger partial charge in [-0.05, 0) is 39.0 Å². The normalized spacial score (nSPS) is 13.6. The van der Waals surface area contributed by atoms with E-state index in [4.69, 9.17) is 0 Å². The summed E-state index contributed by atoms with van der Waals surface area (Å²) in [6, 6.07) is 5.75. The zero-order valence-corrected chi connectivity index (χ0v) is 10.3. The largest absolute Gasteiger partial charge is 0.388 e. The molecule has 1 heterocycles. The Kier molecular flexibility index (Phi) is 2.98. The zero-order valence-electron chi connectivity index (χ0n) is 10.3. The highest BCUT2D eigenvalue weighted by molar-refractivity contribution is 5.78. The first-order valence-electron chi connectivity index (χ1n) is 5.66. The van der Waals surface area contributed by atoms with E-state index in [1.165, 1.54) is 0 Å². The van der Waals surface area contributed by atoms with E-state index in [0.717, 1.165) is 16.7 Å². The SMILES string of the molecule is CC(Nc1ccc2nccnc2c1)C(C)(C)O. The molecule has 0 saturated carbocycles. The van der Waals surface area contributed by atoms with E-state index < -0.39 is 5.60 Å². The first kappa shape index (κ1) is 11.8. The molecule has 2 N–H and O–H groups in total. The van der Waals surface area contributed by atoms with Crippen molar-refractivity contribution >= 4 is 16.7 Å². The predicted octanol–water partition coefficient (Wildman–Crippen LogP) is 2.20. The molecule has 1 atom stereocenters. The average molecular weight is 231 g/mol. The van der Waals surface area contributed by atoms with Crippen molar-refractivity contribution in [1.29, 1.82) is 0 Å². The second-order valence-electron chi connectivity index (χ2n) is 4.78. The Hall–Kier alpha value is -1.68. The van der Waals surface area contributed by atoms with Crippen LogP contribution in [0, 0.1) is 0 Å². The highest BCUT2D eigenvalue weighted by atomic mass is 16.3. The lowest BCUT2D eigenvalue weighted by molar-refractivity contribution is 0.0649. The van der Waals surface area contributed by atoms with Crippen LogP contribution in [0.4, 0.5) is 5.69 Å². The lowest BCUT2D eigenvalue weighted by Gasteiger charge is -2.27. The molecule has 0 bridgehead atoms. The Labute approximate surface area is 101 Å². The van der Waals surface area contributed by atoms with Crippen molar-refractivity contribution in [3.63, 3.8) is 0 Å². The van der Waals surface area contributed by atoms with Crippen LogP contribution in [0.5, 0.6) is 0 Å². The maximum absolute atomic E-state index is 9.87. The van der Waals surface area contributed by atoms with Crippen molar-refractivity contribution in [2.24, 2.45) is 0 Å². The molecule has 0 radical (unpaired) electrons. The summed E-state index contributed by atoms with van der Waals surface area (Å²) in [4.78, 5) is 8.46. The second-order valence-corrected chi connectivity index (χ2v) is 4.78. The van der Waals surface area contributed by atoms with Gasteiger partial charge in [0, 0.05) is 18.1 Å². The van der Waals surface area contributed by atoms with Gasteiger partial charge in [0.05, 0.1) is 22.7 Å². The smallest absolute Gasteiger partial charge is 0.0907 e. The molecule has 0 aliphatic rings. The summed E-state index contributed by atoms with van der Waals surface area (Å²) < 4.78 is 0. The van der Waals surface area contributed by atoms with Crippen molar-refractivity contribution in [2.45, 2.75) is 32.4 Å². The van der Waals surface area contributed by atoms with E-state index in [1.807, 2.05) is 25.1 Å². The van der Waals surface area contributed by atoms with Gasteiger partial charge in [-0.3, -0.25) is 9.97 Å². The number of fused-ring (bicyclic) bond motifs is 1. The summed E-state index contributed by atoms with van der Waals surface area (Å²) in [5.41, 5.74) is 1.89. The van der Waals surface area contributed by atoms with Gasteiger partial charge in [0.25, 0.3) is 0 Å². The van der Waals surface area contributed by atoms with Crippen molar-refractivity contribution in [2.75, 3.05) is 5.32 Å².